The average molecular weight is 449 g/mol. The van der Waals surface area contributed by atoms with Gasteiger partial charge in [-0.1, -0.05) is 24.6 Å². The number of anilines is 1. The Morgan fingerprint density at radius 2 is 1.85 bits per heavy atom. The van der Waals surface area contributed by atoms with Gasteiger partial charge < -0.3 is 14.4 Å². The van der Waals surface area contributed by atoms with Crippen LogP contribution in [0.3, 0.4) is 0 Å². The lowest BCUT2D eigenvalue weighted by molar-refractivity contribution is 0.0594. The number of hydrogen-bond acceptors (Lipinski definition) is 6. The molecular formula is C26H32N4O3. The van der Waals surface area contributed by atoms with E-state index in [0.29, 0.717) is 17.5 Å². The van der Waals surface area contributed by atoms with Crippen molar-refractivity contribution in [2.45, 2.75) is 44.4 Å². The van der Waals surface area contributed by atoms with E-state index in [-0.39, 0.29) is 0 Å². The Bertz CT molecular complexity index is 1120. The van der Waals surface area contributed by atoms with Gasteiger partial charge in [0.25, 0.3) is 0 Å². The molecule has 5 rings (SSSR count). The summed E-state index contributed by atoms with van der Waals surface area (Å²) in [6, 6.07) is 12.0. The van der Waals surface area contributed by atoms with Gasteiger partial charge in [-0.2, -0.15) is 5.10 Å². The number of fused-ring (bicyclic) bond motifs is 1. The molecule has 3 aromatic rings. The normalized spacial score (nSPS) is 17.3. The predicted octanol–water partition coefficient (Wildman–Crippen LogP) is 4.73. The number of aromatic nitrogens is 3. The minimum absolute atomic E-state index is 0.332. The highest BCUT2D eigenvalue weighted by molar-refractivity contribution is 5.99. The number of carbonyl (C=O) groups is 1. The number of hydrogen-bond donors (Lipinski definition) is 0. The molecule has 1 aromatic carbocycles. The third kappa shape index (κ3) is 4.22. The molecule has 0 atom stereocenters. The Balaban J connectivity index is 1.63. The first-order valence-electron chi connectivity index (χ1n) is 12.0. The van der Waals surface area contributed by atoms with E-state index in [1.807, 2.05) is 41.1 Å². The maximum Gasteiger partial charge on any atom is 0.356 e. The topological polar surface area (TPSA) is 69.5 Å². The third-order valence-electron chi connectivity index (χ3n) is 7.22. The summed E-state index contributed by atoms with van der Waals surface area (Å²) in [6.45, 7) is 2.72. The molecule has 1 saturated carbocycles. The monoisotopic (exact) mass is 448 g/mol. The van der Waals surface area contributed by atoms with Gasteiger partial charge in [0.1, 0.15) is 0 Å². The molecule has 2 aliphatic rings. The Labute approximate surface area is 194 Å². The molecule has 33 heavy (non-hydrogen) atoms. The van der Waals surface area contributed by atoms with Crippen LogP contribution >= 0.6 is 0 Å². The Hall–Kier alpha value is -2.93. The van der Waals surface area contributed by atoms with Crippen LogP contribution in [0.2, 0.25) is 0 Å². The van der Waals surface area contributed by atoms with E-state index in [1.165, 1.54) is 13.5 Å². The lowest BCUT2D eigenvalue weighted by Crippen LogP contribution is -2.34. The Morgan fingerprint density at radius 1 is 1.09 bits per heavy atom. The van der Waals surface area contributed by atoms with Crippen LogP contribution in [-0.2, 0) is 9.47 Å². The van der Waals surface area contributed by atoms with Gasteiger partial charge in [0, 0.05) is 32.7 Å². The van der Waals surface area contributed by atoms with Gasteiger partial charge in [0.2, 0.25) is 0 Å². The summed E-state index contributed by atoms with van der Waals surface area (Å²) in [5.41, 5.74) is 4.20. The van der Waals surface area contributed by atoms with Gasteiger partial charge in [0.05, 0.1) is 29.6 Å². The van der Waals surface area contributed by atoms with Crippen LogP contribution in [-0.4, -0.2) is 54.6 Å². The molecule has 1 saturated heterocycles. The minimum atomic E-state index is -0.417. The number of benzene rings is 1. The lowest BCUT2D eigenvalue weighted by atomic mass is 9.81. The van der Waals surface area contributed by atoms with Crippen molar-refractivity contribution in [3.05, 3.63) is 47.8 Å². The van der Waals surface area contributed by atoms with Crippen LogP contribution in [0.25, 0.3) is 16.7 Å². The molecule has 0 N–H and O–H groups in total. The van der Waals surface area contributed by atoms with Gasteiger partial charge in [-0.05, 0) is 56.2 Å². The molecule has 2 aromatic heterocycles. The van der Waals surface area contributed by atoms with Crippen molar-refractivity contribution >= 4 is 22.7 Å². The van der Waals surface area contributed by atoms with Crippen LogP contribution < -0.4 is 4.90 Å². The molecule has 0 unspecified atom stereocenters. The van der Waals surface area contributed by atoms with Crippen LogP contribution in [0.4, 0.5) is 5.69 Å². The highest BCUT2D eigenvalue weighted by atomic mass is 16.5. The number of rotatable bonds is 7. The zero-order valence-corrected chi connectivity index (χ0v) is 19.5. The fourth-order valence-corrected chi connectivity index (χ4v) is 5.04. The SMILES string of the molecule is COCCC1CCN(c2cc(C(=O)OC)nc3c2c(C2CCC2)nn3-c2ccccc2)CC1. The van der Waals surface area contributed by atoms with Crippen molar-refractivity contribution in [3.63, 3.8) is 0 Å². The molecule has 7 nitrogen and oxygen atoms in total. The molecule has 1 aliphatic heterocycles. The van der Waals surface area contributed by atoms with Crippen LogP contribution in [0.5, 0.6) is 0 Å². The number of methoxy groups -OCH3 is 2. The van der Waals surface area contributed by atoms with Gasteiger partial charge in [-0.15, -0.1) is 0 Å². The standard InChI is InChI=1S/C26H32N4O3/c1-32-16-13-18-11-14-29(15-12-18)22-17-21(26(31)33-2)27-25-23(22)24(19-7-6-8-19)28-30(25)20-9-4-3-5-10-20/h3-5,9-10,17-19H,6-8,11-16H2,1-2H3. The summed E-state index contributed by atoms with van der Waals surface area (Å²) in [7, 11) is 3.17. The molecule has 0 bridgehead atoms. The van der Waals surface area contributed by atoms with E-state index < -0.39 is 5.97 Å². The second-order valence-corrected chi connectivity index (χ2v) is 9.19. The van der Waals surface area contributed by atoms with E-state index >= 15 is 0 Å². The summed E-state index contributed by atoms with van der Waals surface area (Å²) >= 11 is 0. The quantitative estimate of drug-likeness (QED) is 0.487. The van der Waals surface area contributed by atoms with E-state index in [2.05, 4.69) is 4.90 Å². The maximum atomic E-state index is 12.6. The molecule has 7 heteroatoms. The van der Waals surface area contributed by atoms with Crippen LogP contribution in [0.1, 0.15) is 60.6 Å². The Kier molecular flexibility index (Phi) is 6.31. The summed E-state index contributed by atoms with van der Waals surface area (Å²) in [5, 5.41) is 6.17. The number of carbonyl (C=O) groups excluding carboxylic acids is 1. The van der Waals surface area contributed by atoms with E-state index in [1.54, 1.807) is 7.11 Å². The molecule has 0 radical (unpaired) electrons. The summed E-state index contributed by atoms with van der Waals surface area (Å²) in [6.07, 6.45) is 6.87. The highest BCUT2D eigenvalue weighted by Gasteiger charge is 2.31. The summed E-state index contributed by atoms with van der Waals surface area (Å²) in [5.74, 6) is 0.706. The number of pyridine rings is 1. The first-order chi connectivity index (χ1) is 16.2. The van der Waals surface area contributed by atoms with Crippen LogP contribution in [0.15, 0.2) is 36.4 Å². The average Bonchev–Trinajstić information content (AvgIpc) is 3.20. The maximum absolute atomic E-state index is 12.6. The fraction of sp³-hybridized carbons (Fsp3) is 0.500. The van der Waals surface area contributed by atoms with Gasteiger partial charge in [0.15, 0.2) is 11.3 Å². The molecular weight excluding hydrogens is 416 g/mol. The largest absolute Gasteiger partial charge is 0.464 e. The second-order valence-electron chi connectivity index (χ2n) is 9.19. The molecule has 0 amide bonds. The number of esters is 1. The second kappa shape index (κ2) is 9.51. The van der Waals surface area contributed by atoms with Gasteiger partial charge in [-0.3, -0.25) is 0 Å². The third-order valence-corrected chi connectivity index (χ3v) is 7.22. The predicted molar refractivity (Wildman–Crippen MR) is 128 cm³/mol. The fourth-order valence-electron chi connectivity index (χ4n) is 5.04. The zero-order valence-electron chi connectivity index (χ0n) is 19.5. The van der Waals surface area contributed by atoms with Crippen molar-refractivity contribution in [1.29, 1.82) is 0 Å². The molecule has 0 spiro atoms. The first-order valence-corrected chi connectivity index (χ1v) is 12.0. The van der Waals surface area contributed by atoms with Crippen molar-refractivity contribution in [2.75, 3.05) is 38.8 Å². The Morgan fingerprint density at radius 3 is 2.48 bits per heavy atom. The van der Waals surface area contributed by atoms with E-state index in [9.17, 15) is 4.79 Å². The first kappa shape index (κ1) is 21.9. The van der Waals surface area contributed by atoms with Gasteiger partial charge in [-0.25, -0.2) is 14.5 Å². The minimum Gasteiger partial charge on any atom is -0.464 e. The number of para-hydroxylation sites is 1. The zero-order chi connectivity index (χ0) is 22.8. The molecule has 3 heterocycles. The number of piperidine rings is 1. The van der Waals surface area contributed by atoms with Crippen molar-refractivity contribution < 1.29 is 14.3 Å². The van der Waals surface area contributed by atoms with Crippen molar-refractivity contribution in [2.24, 2.45) is 5.92 Å². The van der Waals surface area contributed by atoms with Crippen LogP contribution in [0, 0.1) is 5.92 Å². The smallest absolute Gasteiger partial charge is 0.356 e. The summed E-state index contributed by atoms with van der Waals surface area (Å²) < 4.78 is 12.3. The van der Waals surface area contributed by atoms with E-state index in [4.69, 9.17) is 19.6 Å². The molecule has 1 aliphatic carbocycles. The summed E-state index contributed by atoms with van der Waals surface area (Å²) in [4.78, 5) is 19.8. The number of ether oxygens (including phenoxy) is 2. The van der Waals surface area contributed by atoms with E-state index in [0.717, 1.165) is 79.9 Å². The molecule has 2 fully saturated rings. The molecule has 174 valence electrons. The number of nitrogens with zero attached hydrogens (tertiary/aromatic N) is 4. The van der Waals surface area contributed by atoms with Crippen molar-refractivity contribution in [3.8, 4) is 5.69 Å². The highest BCUT2D eigenvalue weighted by Crippen LogP contribution is 2.43. The lowest BCUT2D eigenvalue weighted by Gasteiger charge is -2.34. The van der Waals surface area contributed by atoms with Crippen molar-refractivity contribution in [1.82, 2.24) is 14.8 Å². The van der Waals surface area contributed by atoms with Gasteiger partial charge >= 0.3 is 5.97 Å².